The summed E-state index contributed by atoms with van der Waals surface area (Å²) < 4.78 is 0. The number of rotatable bonds is 4. The Kier molecular flexibility index (Phi) is 6.85. The van der Waals surface area contributed by atoms with Gasteiger partial charge in [0, 0.05) is 18.4 Å². The third kappa shape index (κ3) is 4.80. The molecular formula is C11H14NNaO2. The van der Waals surface area contributed by atoms with Crippen LogP contribution in [0.2, 0.25) is 0 Å². The summed E-state index contributed by atoms with van der Waals surface area (Å²) in [6.07, 6.45) is 0.0248. The van der Waals surface area contributed by atoms with E-state index in [0.29, 0.717) is 0 Å². The Morgan fingerprint density at radius 2 is 1.87 bits per heavy atom. The number of benzene rings is 1. The summed E-state index contributed by atoms with van der Waals surface area (Å²) in [5.41, 5.74) is 1.00. The van der Waals surface area contributed by atoms with Crippen molar-refractivity contribution in [1.82, 2.24) is 4.90 Å². The average Bonchev–Trinajstić information content (AvgIpc) is 2.15. The van der Waals surface area contributed by atoms with Crippen LogP contribution in [0.15, 0.2) is 30.3 Å². The number of carboxylic acid groups (broad SMARTS) is 1. The van der Waals surface area contributed by atoms with Crippen LogP contribution in [0.25, 0.3) is 0 Å². The number of carboxylic acids is 1. The molecule has 0 amide bonds. The minimum Gasteiger partial charge on any atom is -0.550 e. The van der Waals surface area contributed by atoms with E-state index in [9.17, 15) is 9.90 Å². The van der Waals surface area contributed by atoms with Gasteiger partial charge in [-0.25, -0.2) is 0 Å². The van der Waals surface area contributed by atoms with Crippen molar-refractivity contribution < 1.29 is 39.5 Å². The zero-order valence-electron chi connectivity index (χ0n) is 9.43. The molecule has 0 bridgehead atoms. The van der Waals surface area contributed by atoms with Crippen LogP contribution in [0, 0.1) is 0 Å². The SMILES string of the molecule is CN(C)[C@H](CC(=O)[O-])c1ccccc1.[Na+]. The van der Waals surface area contributed by atoms with Crippen molar-refractivity contribution in [2.45, 2.75) is 12.5 Å². The summed E-state index contributed by atoms with van der Waals surface area (Å²) in [4.78, 5) is 12.4. The molecule has 0 saturated carbocycles. The summed E-state index contributed by atoms with van der Waals surface area (Å²) in [6.45, 7) is 0. The van der Waals surface area contributed by atoms with E-state index in [1.54, 1.807) is 0 Å². The number of carbonyl (C=O) groups is 1. The molecule has 0 aliphatic rings. The summed E-state index contributed by atoms with van der Waals surface area (Å²) in [7, 11) is 3.72. The third-order valence-corrected chi connectivity index (χ3v) is 2.17. The second kappa shape index (κ2) is 7.01. The van der Waals surface area contributed by atoms with Crippen LogP contribution in [0.5, 0.6) is 0 Å². The van der Waals surface area contributed by atoms with E-state index in [2.05, 4.69) is 0 Å². The van der Waals surface area contributed by atoms with Crippen molar-refractivity contribution in [3.63, 3.8) is 0 Å². The number of carbonyl (C=O) groups excluding carboxylic acids is 1. The van der Waals surface area contributed by atoms with Gasteiger partial charge in [0.1, 0.15) is 0 Å². The molecule has 4 heteroatoms. The predicted octanol–water partition coefficient (Wildman–Crippen LogP) is -2.57. The Balaban J connectivity index is 0.00000196. The van der Waals surface area contributed by atoms with Crippen LogP contribution in [-0.2, 0) is 4.79 Å². The van der Waals surface area contributed by atoms with Crippen LogP contribution in [-0.4, -0.2) is 25.0 Å². The zero-order chi connectivity index (χ0) is 10.6. The first-order chi connectivity index (χ1) is 6.61. The van der Waals surface area contributed by atoms with Gasteiger partial charge in [0.15, 0.2) is 0 Å². The van der Waals surface area contributed by atoms with Crippen LogP contribution in [0.4, 0.5) is 0 Å². The average molecular weight is 215 g/mol. The summed E-state index contributed by atoms with van der Waals surface area (Å²) in [6, 6.07) is 9.46. The number of nitrogens with zero attached hydrogens (tertiary/aromatic N) is 1. The minimum atomic E-state index is -1.02. The molecule has 0 radical (unpaired) electrons. The van der Waals surface area contributed by atoms with Gasteiger partial charge in [0.2, 0.25) is 0 Å². The minimum absolute atomic E-state index is 0. The molecule has 3 nitrogen and oxygen atoms in total. The smallest absolute Gasteiger partial charge is 0.550 e. The van der Waals surface area contributed by atoms with Gasteiger partial charge in [-0.2, -0.15) is 0 Å². The van der Waals surface area contributed by atoms with Gasteiger partial charge in [-0.15, -0.1) is 0 Å². The fourth-order valence-electron chi connectivity index (χ4n) is 1.43. The summed E-state index contributed by atoms with van der Waals surface area (Å²) >= 11 is 0. The maximum atomic E-state index is 10.5. The van der Waals surface area contributed by atoms with E-state index in [4.69, 9.17) is 0 Å². The first-order valence-electron chi connectivity index (χ1n) is 4.52. The third-order valence-electron chi connectivity index (χ3n) is 2.17. The van der Waals surface area contributed by atoms with Crippen molar-refractivity contribution in [2.75, 3.05) is 14.1 Å². The Morgan fingerprint density at radius 1 is 1.33 bits per heavy atom. The van der Waals surface area contributed by atoms with E-state index in [1.165, 1.54) is 0 Å². The van der Waals surface area contributed by atoms with Gasteiger partial charge >= 0.3 is 29.6 Å². The van der Waals surface area contributed by atoms with E-state index in [0.717, 1.165) is 5.56 Å². The molecule has 15 heavy (non-hydrogen) atoms. The molecule has 0 aromatic heterocycles. The molecule has 0 aliphatic carbocycles. The monoisotopic (exact) mass is 215 g/mol. The number of hydrogen-bond donors (Lipinski definition) is 0. The van der Waals surface area contributed by atoms with Crippen molar-refractivity contribution in [2.24, 2.45) is 0 Å². The van der Waals surface area contributed by atoms with E-state index >= 15 is 0 Å². The molecule has 0 spiro atoms. The van der Waals surface area contributed by atoms with Crippen LogP contribution >= 0.6 is 0 Å². The maximum Gasteiger partial charge on any atom is 1.00 e. The van der Waals surface area contributed by atoms with Crippen LogP contribution in [0.3, 0.4) is 0 Å². The van der Waals surface area contributed by atoms with Crippen molar-refractivity contribution in [3.8, 4) is 0 Å². The largest absolute Gasteiger partial charge is 1.00 e. The van der Waals surface area contributed by atoms with Gasteiger partial charge in [0.05, 0.1) is 0 Å². The molecule has 1 aromatic rings. The van der Waals surface area contributed by atoms with E-state index < -0.39 is 5.97 Å². The predicted molar refractivity (Wildman–Crippen MR) is 52.5 cm³/mol. The van der Waals surface area contributed by atoms with E-state index in [-0.39, 0.29) is 42.0 Å². The molecule has 76 valence electrons. The Bertz CT molecular complexity index is 301. The molecule has 1 rings (SSSR count). The van der Waals surface area contributed by atoms with Gasteiger partial charge in [-0.1, -0.05) is 30.3 Å². The first-order valence-corrected chi connectivity index (χ1v) is 4.52. The van der Waals surface area contributed by atoms with Gasteiger partial charge < -0.3 is 14.8 Å². The van der Waals surface area contributed by atoms with Crippen LogP contribution < -0.4 is 34.7 Å². The van der Waals surface area contributed by atoms with Crippen LogP contribution in [0.1, 0.15) is 18.0 Å². The second-order valence-electron chi connectivity index (χ2n) is 3.47. The van der Waals surface area contributed by atoms with Gasteiger partial charge in [0.25, 0.3) is 0 Å². The Hall–Kier alpha value is -0.350. The number of hydrogen-bond acceptors (Lipinski definition) is 3. The van der Waals surface area contributed by atoms with Crippen molar-refractivity contribution in [1.29, 1.82) is 0 Å². The Morgan fingerprint density at radius 3 is 2.27 bits per heavy atom. The van der Waals surface area contributed by atoms with E-state index in [1.807, 2.05) is 49.3 Å². The zero-order valence-corrected chi connectivity index (χ0v) is 11.4. The topological polar surface area (TPSA) is 43.4 Å². The summed E-state index contributed by atoms with van der Waals surface area (Å²) in [5, 5.41) is 10.5. The summed E-state index contributed by atoms with van der Waals surface area (Å²) in [5.74, 6) is -1.02. The molecule has 1 atom stereocenters. The molecule has 0 heterocycles. The maximum absolute atomic E-state index is 10.5. The fourth-order valence-corrected chi connectivity index (χ4v) is 1.43. The van der Waals surface area contributed by atoms with Crippen molar-refractivity contribution >= 4 is 5.97 Å². The first kappa shape index (κ1) is 14.6. The molecule has 0 unspecified atom stereocenters. The molecule has 0 fully saturated rings. The molecule has 0 saturated heterocycles. The molecule has 0 N–H and O–H groups in total. The Labute approximate surface area is 112 Å². The fraction of sp³-hybridized carbons (Fsp3) is 0.364. The molecular weight excluding hydrogens is 201 g/mol. The second-order valence-corrected chi connectivity index (χ2v) is 3.47. The number of aliphatic carboxylic acids is 1. The molecule has 1 aromatic carbocycles. The quantitative estimate of drug-likeness (QED) is 0.519. The molecule has 0 aliphatic heterocycles. The normalized spacial score (nSPS) is 11.9. The van der Waals surface area contributed by atoms with Gasteiger partial charge in [-0.05, 0) is 19.7 Å². The standard InChI is InChI=1S/C11H15NO2.Na/c1-12(2)10(8-11(13)14)9-6-4-3-5-7-9;/h3-7,10H,8H2,1-2H3,(H,13,14);/q;+1/p-1/t10-;/m1./s1. The van der Waals surface area contributed by atoms with Crippen molar-refractivity contribution in [3.05, 3.63) is 35.9 Å². The van der Waals surface area contributed by atoms with Gasteiger partial charge in [-0.3, -0.25) is 0 Å².